The SMILES string of the molecule is CC(=O)c1ccc(N2CCN(CCOc3ccc(Cc4c(-c5ccc(O)cc5)ccc5cc(O)ccc45)cc3)CC2)cc1. The Balaban J connectivity index is 1.06. The number of carbonyl (C=O) groups is 1. The Kier molecular flexibility index (Phi) is 8.29. The molecule has 0 unspecified atom stereocenters. The summed E-state index contributed by atoms with van der Waals surface area (Å²) in [6, 6.07) is 33.1. The van der Waals surface area contributed by atoms with E-state index in [1.165, 1.54) is 11.1 Å². The summed E-state index contributed by atoms with van der Waals surface area (Å²) in [5.74, 6) is 1.44. The fourth-order valence-electron chi connectivity index (χ4n) is 5.82. The Hall–Kier alpha value is -4.81. The third-order valence-corrected chi connectivity index (χ3v) is 8.29. The van der Waals surface area contributed by atoms with Gasteiger partial charge in [0.05, 0.1) is 0 Å². The minimum atomic E-state index is 0.0949. The summed E-state index contributed by atoms with van der Waals surface area (Å²) < 4.78 is 6.11. The number of hydrogen-bond acceptors (Lipinski definition) is 6. The molecule has 43 heavy (non-hydrogen) atoms. The molecule has 6 rings (SSSR count). The van der Waals surface area contributed by atoms with Crippen LogP contribution in [0.5, 0.6) is 17.2 Å². The van der Waals surface area contributed by atoms with Crippen LogP contribution in [0.3, 0.4) is 0 Å². The summed E-state index contributed by atoms with van der Waals surface area (Å²) >= 11 is 0. The average molecular weight is 573 g/mol. The molecule has 0 aliphatic carbocycles. The van der Waals surface area contributed by atoms with Gasteiger partial charge in [0.15, 0.2) is 5.78 Å². The van der Waals surface area contributed by atoms with Crippen molar-refractivity contribution in [1.29, 1.82) is 0 Å². The Bertz CT molecular complexity index is 1710. The molecule has 0 amide bonds. The van der Waals surface area contributed by atoms with Crippen LogP contribution in [-0.4, -0.2) is 60.2 Å². The zero-order valence-electron chi connectivity index (χ0n) is 24.4. The van der Waals surface area contributed by atoms with Gasteiger partial charge in [0.2, 0.25) is 0 Å². The molecule has 0 radical (unpaired) electrons. The van der Waals surface area contributed by atoms with Gasteiger partial charge in [0.25, 0.3) is 0 Å². The number of ether oxygens (including phenoxy) is 1. The van der Waals surface area contributed by atoms with E-state index in [1.807, 2.05) is 60.7 Å². The van der Waals surface area contributed by atoms with Crippen LogP contribution in [0.4, 0.5) is 5.69 Å². The van der Waals surface area contributed by atoms with Gasteiger partial charge >= 0.3 is 0 Å². The first-order chi connectivity index (χ1) is 20.9. The van der Waals surface area contributed by atoms with Gasteiger partial charge in [-0.3, -0.25) is 9.69 Å². The first kappa shape index (κ1) is 28.3. The van der Waals surface area contributed by atoms with Crippen LogP contribution in [0.25, 0.3) is 21.9 Å². The number of rotatable bonds is 9. The molecule has 1 aliphatic heterocycles. The maximum Gasteiger partial charge on any atom is 0.159 e. The second kappa shape index (κ2) is 12.6. The van der Waals surface area contributed by atoms with Crippen molar-refractivity contribution >= 4 is 22.2 Å². The van der Waals surface area contributed by atoms with Crippen LogP contribution in [-0.2, 0) is 6.42 Å². The van der Waals surface area contributed by atoms with Crippen LogP contribution in [0.1, 0.15) is 28.4 Å². The number of ketones is 1. The average Bonchev–Trinajstić information content (AvgIpc) is 3.03. The summed E-state index contributed by atoms with van der Waals surface area (Å²) in [4.78, 5) is 16.3. The molecule has 5 aromatic rings. The number of anilines is 1. The topological polar surface area (TPSA) is 73.2 Å². The van der Waals surface area contributed by atoms with Gasteiger partial charge in [0.1, 0.15) is 23.9 Å². The van der Waals surface area contributed by atoms with Gasteiger partial charge in [0, 0.05) is 44.0 Å². The van der Waals surface area contributed by atoms with E-state index in [1.54, 1.807) is 31.2 Å². The molecular formula is C37H36N2O4. The van der Waals surface area contributed by atoms with Crippen LogP contribution in [0.2, 0.25) is 0 Å². The lowest BCUT2D eigenvalue weighted by molar-refractivity contribution is 0.101. The van der Waals surface area contributed by atoms with E-state index in [0.29, 0.717) is 6.61 Å². The lowest BCUT2D eigenvalue weighted by Crippen LogP contribution is -2.47. The Morgan fingerprint density at radius 2 is 1.47 bits per heavy atom. The molecule has 0 atom stereocenters. The van der Waals surface area contributed by atoms with Crippen LogP contribution in [0.15, 0.2) is 103 Å². The monoisotopic (exact) mass is 572 g/mol. The molecular weight excluding hydrogens is 536 g/mol. The second-order valence-corrected chi connectivity index (χ2v) is 11.1. The highest BCUT2D eigenvalue weighted by Crippen LogP contribution is 2.34. The number of aromatic hydroxyl groups is 2. The van der Waals surface area contributed by atoms with Gasteiger partial charge in [-0.1, -0.05) is 42.5 Å². The molecule has 0 spiro atoms. The molecule has 1 saturated heterocycles. The number of phenolic OH excluding ortho intramolecular Hbond substituents is 2. The zero-order chi connectivity index (χ0) is 29.8. The molecule has 0 saturated carbocycles. The molecule has 1 aliphatic rings. The fraction of sp³-hybridized carbons (Fsp3) is 0.216. The van der Waals surface area contributed by atoms with Crippen molar-refractivity contribution in [2.75, 3.05) is 44.2 Å². The van der Waals surface area contributed by atoms with Crippen molar-refractivity contribution in [3.8, 4) is 28.4 Å². The van der Waals surface area contributed by atoms with Crippen LogP contribution in [0, 0.1) is 0 Å². The van der Waals surface area contributed by atoms with E-state index in [9.17, 15) is 15.0 Å². The lowest BCUT2D eigenvalue weighted by Gasteiger charge is -2.36. The maximum absolute atomic E-state index is 11.5. The van der Waals surface area contributed by atoms with Gasteiger partial charge < -0.3 is 19.8 Å². The highest BCUT2D eigenvalue weighted by molar-refractivity contribution is 5.94. The van der Waals surface area contributed by atoms with E-state index < -0.39 is 0 Å². The fourth-order valence-corrected chi connectivity index (χ4v) is 5.82. The molecule has 1 fully saturated rings. The van der Waals surface area contributed by atoms with E-state index in [2.05, 4.69) is 28.0 Å². The highest BCUT2D eigenvalue weighted by atomic mass is 16.5. The highest BCUT2D eigenvalue weighted by Gasteiger charge is 2.17. The van der Waals surface area contributed by atoms with E-state index in [0.717, 1.165) is 78.0 Å². The molecule has 6 nitrogen and oxygen atoms in total. The van der Waals surface area contributed by atoms with Crippen LogP contribution >= 0.6 is 0 Å². The van der Waals surface area contributed by atoms with Gasteiger partial charge in [-0.05, 0) is 107 Å². The van der Waals surface area contributed by atoms with Crippen molar-refractivity contribution in [1.82, 2.24) is 4.90 Å². The number of piperazine rings is 1. The summed E-state index contributed by atoms with van der Waals surface area (Å²) in [5, 5.41) is 21.9. The molecule has 0 bridgehead atoms. The molecule has 218 valence electrons. The number of phenols is 2. The number of hydrogen-bond donors (Lipinski definition) is 2. The number of benzene rings is 5. The largest absolute Gasteiger partial charge is 0.508 e. The summed E-state index contributed by atoms with van der Waals surface area (Å²) in [7, 11) is 0. The first-order valence-electron chi connectivity index (χ1n) is 14.8. The number of nitrogens with zero attached hydrogens (tertiary/aromatic N) is 2. The van der Waals surface area contributed by atoms with E-state index >= 15 is 0 Å². The van der Waals surface area contributed by atoms with Crippen LogP contribution < -0.4 is 9.64 Å². The first-order valence-corrected chi connectivity index (χ1v) is 14.8. The Morgan fingerprint density at radius 3 is 2.16 bits per heavy atom. The molecule has 1 heterocycles. The minimum Gasteiger partial charge on any atom is -0.508 e. The number of carbonyl (C=O) groups excluding carboxylic acids is 1. The van der Waals surface area contributed by atoms with Crippen molar-refractivity contribution in [3.63, 3.8) is 0 Å². The standard InChI is InChI=1S/C37H36N2O4/c1-26(40)28-4-9-31(10-5-28)39-20-18-38(19-21-39)22-23-43-34-14-2-27(3-15-34)24-37-35(29-6-11-32(41)12-7-29)16-8-30-25-33(42)13-17-36(30)37/h2-17,25,41-42H,18-24H2,1H3. The van der Waals surface area contributed by atoms with Crippen molar-refractivity contribution < 1.29 is 19.7 Å². The zero-order valence-corrected chi connectivity index (χ0v) is 24.4. The lowest BCUT2D eigenvalue weighted by atomic mass is 9.90. The summed E-state index contributed by atoms with van der Waals surface area (Å²) in [6.07, 6.45) is 0.723. The smallest absolute Gasteiger partial charge is 0.159 e. The number of Topliss-reactive ketones (excluding diaryl/α,β-unsaturated/α-hetero) is 1. The third-order valence-electron chi connectivity index (χ3n) is 8.29. The molecule has 2 N–H and O–H groups in total. The maximum atomic E-state index is 11.5. The summed E-state index contributed by atoms with van der Waals surface area (Å²) in [6.45, 7) is 6.95. The second-order valence-electron chi connectivity index (χ2n) is 11.1. The van der Waals surface area contributed by atoms with E-state index in [4.69, 9.17) is 4.74 Å². The Morgan fingerprint density at radius 1 is 0.767 bits per heavy atom. The quantitative estimate of drug-likeness (QED) is 0.187. The van der Waals surface area contributed by atoms with Crippen molar-refractivity contribution in [3.05, 3.63) is 120 Å². The molecule has 6 heteroatoms. The predicted octanol–water partition coefficient (Wildman–Crippen LogP) is 6.91. The van der Waals surface area contributed by atoms with Crippen molar-refractivity contribution in [2.24, 2.45) is 0 Å². The molecule has 0 aromatic heterocycles. The summed E-state index contributed by atoms with van der Waals surface area (Å²) in [5.41, 5.74) is 6.39. The van der Waals surface area contributed by atoms with E-state index in [-0.39, 0.29) is 17.3 Å². The van der Waals surface area contributed by atoms with Gasteiger partial charge in [-0.15, -0.1) is 0 Å². The molecule has 5 aromatic carbocycles. The third kappa shape index (κ3) is 6.65. The predicted molar refractivity (Wildman–Crippen MR) is 173 cm³/mol. The normalized spacial score (nSPS) is 13.7. The number of fused-ring (bicyclic) bond motifs is 1. The minimum absolute atomic E-state index is 0.0949. The van der Waals surface area contributed by atoms with Crippen molar-refractivity contribution in [2.45, 2.75) is 13.3 Å². The Labute approximate surface area is 252 Å². The van der Waals surface area contributed by atoms with Gasteiger partial charge in [-0.2, -0.15) is 0 Å². The van der Waals surface area contributed by atoms with Gasteiger partial charge in [-0.25, -0.2) is 0 Å².